The third kappa shape index (κ3) is 5.26. The molecule has 2 aliphatic rings. The van der Waals surface area contributed by atoms with E-state index in [0.29, 0.717) is 23.1 Å². The number of hydrogen-bond acceptors (Lipinski definition) is 7. The summed E-state index contributed by atoms with van der Waals surface area (Å²) >= 11 is 6.46. The lowest BCUT2D eigenvalue weighted by molar-refractivity contribution is -0.366. The molecule has 0 amide bonds. The third-order valence-electron chi connectivity index (χ3n) is 6.39. The smallest absolute Gasteiger partial charge is 0.224 e. The Kier molecular flexibility index (Phi) is 7.73. The highest BCUT2D eigenvalue weighted by Gasteiger charge is 2.55. The van der Waals surface area contributed by atoms with Gasteiger partial charge in [-0.25, -0.2) is 0 Å². The molecule has 4 N–H and O–H groups in total. The number of aliphatic hydroxyl groups excluding tert-OH is 4. The summed E-state index contributed by atoms with van der Waals surface area (Å²) in [5.74, 6) is -1.77. The zero-order valence-electron chi connectivity index (χ0n) is 18.6. The Morgan fingerprint density at radius 2 is 1.73 bits per heavy atom. The van der Waals surface area contributed by atoms with Gasteiger partial charge in [-0.05, 0) is 54.5 Å². The van der Waals surface area contributed by atoms with E-state index >= 15 is 0 Å². The van der Waals surface area contributed by atoms with Crippen LogP contribution < -0.4 is 0 Å². The Balaban J connectivity index is 1.53. The van der Waals surface area contributed by atoms with Crippen LogP contribution in [0.3, 0.4) is 0 Å². The van der Waals surface area contributed by atoms with Gasteiger partial charge >= 0.3 is 0 Å². The second-order valence-electron chi connectivity index (χ2n) is 8.76. The van der Waals surface area contributed by atoms with Crippen LogP contribution in [0.4, 0.5) is 0 Å². The SMILES string of the molecule is COC1(c2ccc(Cl)c(Cc3ccc(CCOC4CC4)cc3)c2)O[C@H](CO)[C@@H](O)[C@H](O)[C@H]1O. The van der Waals surface area contributed by atoms with Gasteiger partial charge in [0.1, 0.15) is 24.4 Å². The van der Waals surface area contributed by atoms with E-state index in [-0.39, 0.29) is 0 Å². The van der Waals surface area contributed by atoms with Crippen LogP contribution in [0.25, 0.3) is 0 Å². The van der Waals surface area contributed by atoms with E-state index in [9.17, 15) is 20.4 Å². The number of halogens is 1. The van der Waals surface area contributed by atoms with Crippen molar-refractivity contribution in [3.05, 3.63) is 69.7 Å². The Morgan fingerprint density at radius 1 is 1.03 bits per heavy atom. The fraction of sp³-hybridized carbons (Fsp3) is 0.520. The van der Waals surface area contributed by atoms with E-state index < -0.39 is 36.8 Å². The van der Waals surface area contributed by atoms with Crippen LogP contribution in [0.2, 0.25) is 5.02 Å². The molecule has 8 heteroatoms. The molecule has 33 heavy (non-hydrogen) atoms. The molecule has 0 aromatic heterocycles. The van der Waals surface area contributed by atoms with Crippen LogP contribution in [0.1, 0.15) is 35.1 Å². The van der Waals surface area contributed by atoms with E-state index in [4.69, 9.17) is 25.8 Å². The zero-order valence-corrected chi connectivity index (χ0v) is 19.3. The maximum absolute atomic E-state index is 10.7. The lowest BCUT2D eigenvalue weighted by Gasteiger charge is -2.47. The average molecular weight is 479 g/mol. The van der Waals surface area contributed by atoms with Gasteiger partial charge in [0.25, 0.3) is 0 Å². The van der Waals surface area contributed by atoms with Gasteiger partial charge in [0.2, 0.25) is 5.79 Å². The van der Waals surface area contributed by atoms with Crippen molar-refractivity contribution >= 4 is 11.6 Å². The minimum absolute atomic E-state index is 0.426. The summed E-state index contributed by atoms with van der Waals surface area (Å²) in [6, 6.07) is 13.3. The number of aliphatic hydroxyl groups is 4. The lowest BCUT2D eigenvalue weighted by atomic mass is 9.87. The maximum atomic E-state index is 10.7. The van der Waals surface area contributed by atoms with Gasteiger partial charge in [0.05, 0.1) is 19.3 Å². The van der Waals surface area contributed by atoms with Crippen molar-refractivity contribution in [2.75, 3.05) is 20.3 Å². The van der Waals surface area contributed by atoms with Crippen molar-refractivity contribution < 1.29 is 34.6 Å². The van der Waals surface area contributed by atoms with Crippen LogP contribution >= 0.6 is 11.6 Å². The monoisotopic (exact) mass is 478 g/mol. The molecule has 0 bridgehead atoms. The predicted octanol–water partition coefficient (Wildman–Crippen LogP) is 1.93. The van der Waals surface area contributed by atoms with Crippen molar-refractivity contribution in [2.24, 2.45) is 0 Å². The molecular weight excluding hydrogens is 448 g/mol. The summed E-state index contributed by atoms with van der Waals surface area (Å²) in [4.78, 5) is 0. The molecule has 2 fully saturated rings. The molecule has 180 valence electrons. The van der Waals surface area contributed by atoms with Gasteiger partial charge in [-0.15, -0.1) is 0 Å². The largest absolute Gasteiger partial charge is 0.394 e. The molecule has 0 radical (unpaired) electrons. The first-order valence-corrected chi connectivity index (χ1v) is 11.6. The highest BCUT2D eigenvalue weighted by Crippen LogP contribution is 2.40. The van der Waals surface area contributed by atoms with Crippen molar-refractivity contribution in [1.29, 1.82) is 0 Å². The van der Waals surface area contributed by atoms with E-state index in [1.165, 1.54) is 25.5 Å². The summed E-state index contributed by atoms with van der Waals surface area (Å²) in [5, 5.41) is 41.3. The summed E-state index contributed by atoms with van der Waals surface area (Å²) in [6.45, 7) is 0.184. The van der Waals surface area contributed by atoms with E-state index in [1.54, 1.807) is 18.2 Å². The van der Waals surface area contributed by atoms with Crippen LogP contribution in [-0.2, 0) is 32.8 Å². The molecule has 1 heterocycles. The van der Waals surface area contributed by atoms with Crippen molar-refractivity contribution in [2.45, 2.75) is 62.0 Å². The minimum Gasteiger partial charge on any atom is -0.394 e. The van der Waals surface area contributed by atoms with E-state index in [0.717, 1.165) is 24.2 Å². The summed E-state index contributed by atoms with van der Waals surface area (Å²) in [5.41, 5.74) is 3.47. The lowest BCUT2D eigenvalue weighted by Crippen LogP contribution is -2.64. The fourth-order valence-corrected chi connectivity index (χ4v) is 4.40. The first kappa shape index (κ1) is 24.6. The fourth-order valence-electron chi connectivity index (χ4n) is 4.22. The molecule has 7 nitrogen and oxygen atoms in total. The normalized spacial score (nSPS) is 29.9. The van der Waals surface area contributed by atoms with Gasteiger partial charge in [-0.3, -0.25) is 0 Å². The Labute approximate surface area is 198 Å². The first-order valence-electron chi connectivity index (χ1n) is 11.2. The third-order valence-corrected chi connectivity index (χ3v) is 6.76. The molecule has 1 saturated carbocycles. The topological polar surface area (TPSA) is 109 Å². The number of methoxy groups -OCH3 is 1. The van der Waals surface area contributed by atoms with Crippen LogP contribution in [0, 0.1) is 0 Å². The van der Waals surface area contributed by atoms with E-state index in [1.807, 2.05) is 0 Å². The molecule has 2 aromatic rings. The molecule has 1 aliphatic carbocycles. The summed E-state index contributed by atoms with van der Waals surface area (Å²) < 4.78 is 17.0. The number of ether oxygens (including phenoxy) is 3. The Morgan fingerprint density at radius 3 is 2.36 bits per heavy atom. The maximum Gasteiger partial charge on any atom is 0.224 e. The quantitative estimate of drug-likeness (QED) is 0.436. The standard InChI is InChI=1S/C25H31ClO7/c1-31-25(24(30)23(29)22(28)21(14-27)33-25)18-6-9-20(26)17(13-18)12-16-4-2-15(3-5-16)10-11-32-19-7-8-19/h2-6,9,13,19,21-24,27-30H,7-8,10-12,14H2,1H3/t21-,22-,23+,24-,25?/m1/s1. The summed E-state index contributed by atoms with van der Waals surface area (Å²) in [6.07, 6.45) is -1.51. The van der Waals surface area contributed by atoms with Crippen LogP contribution in [0.15, 0.2) is 42.5 Å². The van der Waals surface area contributed by atoms with E-state index in [2.05, 4.69) is 24.3 Å². The Hall–Kier alpha value is -1.55. The van der Waals surface area contributed by atoms with Gasteiger partial charge in [-0.2, -0.15) is 0 Å². The van der Waals surface area contributed by atoms with Crippen molar-refractivity contribution in [1.82, 2.24) is 0 Å². The Bertz CT molecular complexity index is 931. The zero-order chi connectivity index (χ0) is 23.6. The van der Waals surface area contributed by atoms with Gasteiger partial charge in [0.15, 0.2) is 0 Å². The molecule has 4 rings (SSSR count). The number of hydrogen-bond donors (Lipinski definition) is 4. The molecule has 2 aromatic carbocycles. The molecule has 0 spiro atoms. The number of rotatable bonds is 9. The van der Waals surface area contributed by atoms with Gasteiger partial charge < -0.3 is 34.6 Å². The highest BCUT2D eigenvalue weighted by atomic mass is 35.5. The molecule has 1 aliphatic heterocycles. The second-order valence-corrected chi connectivity index (χ2v) is 9.16. The molecule has 5 atom stereocenters. The molecule has 1 saturated heterocycles. The van der Waals surface area contributed by atoms with Crippen LogP contribution in [-0.4, -0.2) is 71.3 Å². The van der Waals surface area contributed by atoms with Crippen molar-refractivity contribution in [3.63, 3.8) is 0 Å². The highest BCUT2D eigenvalue weighted by molar-refractivity contribution is 6.31. The predicted molar refractivity (Wildman–Crippen MR) is 122 cm³/mol. The second kappa shape index (κ2) is 10.4. The minimum atomic E-state index is -1.77. The average Bonchev–Trinajstić information content (AvgIpc) is 3.65. The molecular formula is C25H31ClO7. The van der Waals surface area contributed by atoms with Crippen LogP contribution in [0.5, 0.6) is 0 Å². The van der Waals surface area contributed by atoms with Gasteiger partial charge in [-0.1, -0.05) is 41.9 Å². The van der Waals surface area contributed by atoms with Crippen molar-refractivity contribution in [3.8, 4) is 0 Å². The van der Waals surface area contributed by atoms with Gasteiger partial charge in [0, 0.05) is 17.7 Å². The summed E-state index contributed by atoms with van der Waals surface area (Å²) in [7, 11) is 1.34. The first-order chi connectivity index (χ1) is 15.9. The molecule has 1 unspecified atom stereocenters. The number of benzene rings is 2.